The van der Waals surface area contributed by atoms with Gasteiger partial charge in [0.1, 0.15) is 11.9 Å². The van der Waals surface area contributed by atoms with Gasteiger partial charge in [-0.15, -0.1) is 5.10 Å². The van der Waals surface area contributed by atoms with Gasteiger partial charge in [-0.05, 0) is 25.5 Å². The van der Waals surface area contributed by atoms with Crippen molar-refractivity contribution in [2.75, 3.05) is 0 Å². The zero-order valence-electron chi connectivity index (χ0n) is 10.4. The molecule has 0 aliphatic rings. The zero-order valence-corrected chi connectivity index (χ0v) is 10.4. The molecule has 0 radical (unpaired) electrons. The van der Waals surface area contributed by atoms with Crippen molar-refractivity contribution >= 4 is 5.69 Å². The first kappa shape index (κ1) is 12.1. The van der Waals surface area contributed by atoms with Crippen LogP contribution in [0.3, 0.4) is 0 Å². The summed E-state index contributed by atoms with van der Waals surface area (Å²) in [6, 6.07) is 5.62. The van der Waals surface area contributed by atoms with Crippen LogP contribution in [0.15, 0.2) is 24.4 Å². The summed E-state index contributed by atoms with van der Waals surface area (Å²) in [7, 11) is 1.61. The summed E-state index contributed by atoms with van der Waals surface area (Å²) in [6.07, 6.45) is 1.32. The Labute approximate surface area is 104 Å². The second-order valence-electron chi connectivity index (χ2n) is 4.12. The first-order valence-corrected chi connectivity index (χ1v) is 5.40. The normalized spacial score (nSPS) is 10.4. The van der Waals surface area contributed by atoms with Crippen LogP contribution in [0.4, 0.5) is 5.69 Å². The van der Waals surface area contributed by atoms with Crippen LogP contribution in [-0.4, -0.2) is 14.7 Å². The van der Waals surface area contributed by atoms with E-state index in [1.165, 1.54) is 10.9 Å². The van der Waals surface area contributed by atoms with E-state index in [9.17, 15) is 10.1 Å². The van der Waals surface area contributed by atoms with E-state index in [-0.39, 0.29) is 11.6 Å². The van der Waals surface area contributed by atoms with Gasteiger partial charge in [-0.3, -0.25) is 14.8 Å². The molecule has 1 aromatic carbocycles. The fourth-order valence-electron chi connectivity index (χ4n) is 1.67. The van der Waals surface area contributed by atoms with Crippen LogP contribution < -0.4 is 4.74 Å². The van der Waals surface area contributed by atoms with Gasteiger partial charge in [0.15, 0.2) is 0 Å². The molecule has 2 aromatic rings. The molecule has 0 amide bonds. The van der Waals surface area contributed by atoms with Crippen LogP contribution in [0.25, 0.3) is 0 Å². The van der Waals surface area contributed by atoms with E-state index in [0.29, 0.717) is 5.75 Å². The predicted molar refractivity (Wildman–Crippen MR) is 65.9 cm³/mol. The highest BCUT2D eigenvalue weighted by Gasteiger charge is 2.21. The maximum atomic E-state index is 10.8. The number of aryl methyl sites for hydroxylation is 3. The lowest BCUT2D eigenvalue weighted by Gasteiger charge is -2.06. The van der Waals surface area contributed by atoms with Crippen molar-refractivity contribution in [1.82, 2.24) is 9.78 Å². The highest BCUT2D eigenvalue weighted by atomic mass is 16.6. The largest absolute Gasteiger partial charge is 0.432 e. The van der Waals surface area contributed by atoms with Gasteiger partial charge in [0, 0.05) is 7.05 Å². The quantitative estimate of drug-likeness (QED) is 0.617. The van der Waals surface area contributed by atoms with E-state index < -0.39 is 4.92 Å². The number of nitrogens with zero attached hydrogens (tertiary/aromatic N) is 3. The lowest BCUT2D eigenvalue weighted by atomic mass is 10.1. The van der Waals surface area contributed by atoms with Crippen molar-refractivity contribution in [3.63, 3.8) is 0 Å². The van der Waals surface area contributed by atoms with Crippen molar-refractivity contribution < 1.29 is 9.66 Å². The molecule has 0 aliphatic carbocycles. The second-order valence-corrected chi connectivity index (χ2v) is 4.12. The van der Waals surface area contributed by atoms with Gasteiger partial charge < -0.3 is 4.74 Å². The molecule has 18 heavy (non-hydrogen) atoms. The number of aromatic nitrogens is 2. The number of hydrogen-bond donors (Lipinski definition) is 0. The summed E-state index contributed by atoms with van der Waals surface area (Å²) in [5.74, 6) is 0.580. The van der Waals surface area contributed by atoms with Crippen LogP contribution in [-0.2, 0) is 7.05 Å². The Kier molecular flexibility index (Phi) is 3.01. The maximum absolute atomic E-state index is 10.8. The number of rotatable bonds is 3. The Hall–Kier alpha value is -2.37. The summed E-state index contributed by atoms with van der Waals surface area (Å²) in [5.41, 5.74) is 1.88. The van der Waals surface area contributed by atoms with Gasteiger partial charge in [0.05, 0.1) is 4.92 Å². The Balaban J connectivity index is 2.36. The molecule has 6 nitrogen and oxygen atoms in total. The summed E-state index contributed by atoms with van der Waals surface area (Å²) < 4.78 is 6.86. The first-order chi connectivity index (χ1) is 8.47. The molecule has 0 aliphatic heterocycles. The highest BCUT2D eigenvalue weighted by molar-refractivity contribution is 5.44. The summed E-state index contributed by atoms with van der Waals surface area (Å²) in [4.78, 5) is 10.3. The van der Waals surface area contributed by atoms with Gasteiger partial charge in [-0.25, -0.2) is 0 Å². The minimum absolute atomic E-state index is 0.00875. The van der Waals surface area contributed by atoms with E-state index >= 15 is 0 Å². The standard InChI is InChI=1S/C12H13N3O3/c1-8-4-5-11(9(2)6-8)18-12-10(15(16)17)7-14(3)13-12/h4-7H,1-3H3. The molecular weight excluding hydrogens is 234 g/mol. The van der Waals surface area contributed by atoms with Gasteiger partial charge in [0.25, 0.3) is 0 Å². The number of nitro groups is 1. The monoisotopic (exact) mass is 247 g/mol. The molecule has 0 saturated carbocycles. The van der Waals surface area contributed by atoms with Gasteiger partial charge >= 0.3 is 11.6 Å². The summed E-state index contributed by atoms with van der Waals surface area (Å²) in [5, 5.41) is 14.8. The molecule has 94 valence electrons. The van der Waals surface area contributed by atoms with E-state index in [4.69, 9.17) is 4.74 Å². The first-order valence-electron chi connectivity index (χ1n) is 5.40. The minimum Gasteiger partial charge on any atom is -0.432 e. The molecular formula is C12H13N3O3. The summed E-state index contributed by atoms with van der Waals surface area (Å²) >= 11 is 0. The van der Waals surface area contributed by atoms with E-state index in [1.807, 2.05) is 26.0 Å². The van der Waals surface area contributed by atoms with Crippen molar-refractivity contribution in [1.29, 1.82) is 0 Å². The van der Waals surface area contributed by atoms with Crippen molar-refractivity contribution in [3.05, 3.63) is 45.6 Å². The molecule has 0 unspecified atom stereocenters. The predicted octanol–water partition coefficient (Wildman–Crippen LogP) is 2.74. The molecule has 1 heterocycles. The fraction of sp³-hybridized carbons (Fsp3) is 0.250. The maximum Gasteiger partial charge on any atom is 0.350 e. The lowest BCUT2D eigenvalue weighted by molar-refractivity contribution is -0.385. The Bertz CT molecular complexity index is 605. The third-order valence-corrected chi connectivity index (χ3v) is 2.51. The topological polar surface area (TPSA) is 70.2 Å². The molecule has 0 bridgehead atoms. The third kappa shape index (κ3) is 2.32. The van der Waals surface area contributed by atoms with Crippen LogP contribution in [0.1, 0.15) is 11.1 Å². The molecule has 0 saturated heterocycles. The number of ether oxygens (including phenoxy) is 1. The molecule has 2 rings (SSSR count). The molecule has 0 N–H and O–H groups in total. The van der Waals surface area contributed by atoms with Crippen LogP contribution in [0, 0.1) is 24.0 Å². The molecule has 6 heteroatoms. The van der Waals surface area contributed by atoms with E-state index in [2.05, 4.69) is 5.10 Å². The second kappa shape index (κ2) is 4.48. The highest BCUT2D eigenvalue weighted by Crippen LogP contribution is 2.31. The fourth-order valence-corrected chi connectivity index (χ4v) is 1.67. The van der Waals surface area contributed by atoms with Crippen LogP contribution in [0.2, 0.25) is 0 Å². The Morgan fingerprint density at radius 2 is 2.11 bits per heavy atom. The summed E-state index contributed by atoms with van der Waals surface area (Å²) in [6.45, 7) is 3.86. The third-order valence-electron chi connectivity index (χ3n) is 2.51. The number of hydrogen-bond acceptors (Lipinski definition) is 4. The zero-order chi connectivity index (χ0) is 13.3. The Morgan fingerprint density at radius 3 is 2.72 bits per heavy atom. The van der Waals surface area contributed by atoms with Crippen molar-refractivity contribution in [2.45, 2.75) is 13.8 Å². The number of benzene rings is 1. The molecule has 0 spiro atoms. The van der Waals surface area contributed by atoms with Gasteiger partial charge in [-0.1, -0.05) is 17.7 Å². The smallest absolute Gasteiger partial charge is 0.350 e. The lowest BCUT2D eigenvalue weighted by Crippen LogP contribution is -1.93. The van der Waals surface area contributed by atoms with Crippen molar-refractivity contribution in [2.24, 2.45) is 7.05 Å². The van der Waals surface area contributed by atoms with Crippen LogP contribution >= 0.6 is 0 Å². The van der Waals surface area contributed by atoms with Crippen LogP contribution in [0.5, 0.6) is 11.6 Å². The average molecular weight is 247 g/mol. The minimum atomic E-state index is -0.508. The van der Waals surface area contributed by atoms with Gasteiger partial charge in [-0.2, -0.15) is 0 Å². The molecule has 0 atom stereocenters. The Morgan fingerprint density at radius 1 is 1.39 bits per heavy atom. The van der Waals surface area contributed by atoms with Gasteiger partial charge in [0.2, 0.25) is 0 Å². The molecule has 1 aromatic heterocycles. The van der Waals surface area contributed by atoms with Crippen molar-refractivity contribution in [3.8, 4) is 11.6 Å². The van der Waals surface area contributed by atoms with E-state index in [0.717, 1.165) is 11.1 Å². The average Bonchev–Trinajstić information content (AvgIpc) is 2.64. The SMILES string of the molecule is Cc1ccc(Oc2nn(C)cc2[N+](=O)[O-])c(C)c1. The van der Waals surface area contributed by atoms with E-state index in [1.54, 1.807) is 13.1 Å². The molecule has 0 fully saturated rings.